The van der Waals surface area contributed by atoms with Crippen LogP contribution in [-0.4, -0.2) is 22.1 Å². The minimum atomic E-state index is -1.02. The molecule has 13 heavy (non-hydrogen) atoms. The highest BCUT2D eigenvalue weighted by Gasteiger charge is 2.14. The third-order valence-electron chi connectivity index (χ3n) is 1.57. The maximum Gasteiger partial charge on any atom is 0.320 e. The number of carbonyl (C=O) groups is 1. The second kappa shape index (κ2) is 4.34. The van der Waals surface area contributed by atoms with E-state index < -0.39 is 12.0 Å². The number of carboxylic acid groups (broad SMARTS) is 1. The lowest BCUT2D eigenvalue weighted by Crippen LogP contribution is -2.32. The van der Waals surface area contributed by atoms with Crippen molar-refractivity contribution in [2.45, 2.75) is 12.5 Å². The largest absolute Gasteiger partial charge is 0.480 e. The van der Waals surface area contributed by atoms with Crippen LogP contribution in [0.5, 0.6) is 0 Å². The van der Waals surface area contributed by atoms with Crippen LogP contribution in [0.2, 0.25) is 0 Å². The number of nitrogens with zero attached hydrogens (tertiary/aromatic N) is 1. The van der Waals surface area contributed by atoms with Gasteiger partial charge < -0.3 is 10.8 Å². The summed E-state index contributed by atoms with van der Waals surface area (Å²) in [4.78, 5) is 14.5. The molecule has 0 amide bonds. The number of nitrogens with two attached hydrogens (primary N) is 1. The minimum Gasteiger partial charge on any atom is -0.480 e. The lowest BCUT2D eigenvalue weighted by atomic mass is 10.1. The van der Waals surface area contributed by atoms with E-state index >= 15 is 0 Å². The molecule has 0 radical (unpaired) electrons. The Bertz CT molecular complexity index is 317. The molecule has 5 heteroatoms. The van der Waals surface area contributed by atoms with Gasteiger partial charge in [0.05, 0.1) is 5.69 Å². The lowest BCUT2D eigenvalue weighted by Gasteiger charge is -2.06. The van der Waals surface area contributed by atoms with E-state index in [1.807, 2.05) is 0 Å². The van der Waals surface area contributed by atoms with Gasteiger partial charge in [-0.25, -0.2) is 0 Å². The molecular weight excluding hydrogens is 236 g/mol. The zero-order chi connectivity index (χ0) is 9.84. The van der Waals surface area contributed by atoms with E-state index in [1.54, 1.807) is 18.3 Å². The highest BCUT2D eigenvalue weighted by molar-refractivity contribution is 9.10. The summed E-state index contributed by atoms with van der Waals surface area (Å²) >= 11 is 3.26. The predicted octanol–water partition coefficient (Wildman–Crippen LogP) is 0.798. The maximum atomic E-state index is 10.4. The minimum absolute atomic E-state index is 0.233. The molecule has 0 bridgehead atoms. The van der Waals surface area contributed by atoms with Gasteiger partial charge in [0.2, 0.25) is 0 Å². The van der Waals surface area contributed by atoms with Crippen molar-refractivity contribution in [3.05, 3.63) is 28.5 Å². The Balaban J connectivity index is 2.74. The normalized spacial score (nSPS) is 12.5. The Morgan fingerprint density at radius 3 is 3.00 bits per heavy atom. The predicted molar refractivity (Wildman–Crippen MR) is 51.3 cm³/mol. The second-order valence-electron chi connectivity index (χ2n) is 2.58. The van der Waals surface area contributed by atoms with Crippen LogP contribution in [0.3, 0.4) is 0 Å². The van der Waals surface area contributed by atoms with Gasteiger partial charge in [-0.15, -0.1) is 0 Å². The van der Waals surface area contributed by atoms with Crippen molar-refractivity contribution in [3.8, 4) is 0 Å². The van der Waals surface area contributed by atoms with Crippen LogP contribution < -0.4 is 5.73 Å². The van der Waals surface area contributed by atoms with Gasteiger partial charge in [-0.2, -0.15) is 0 Å². The fourth-order valence-electron chi connectivity index (χ4n) is 0.864. The van der Waals surface area contributed by atoms with Crippen molar-refractivity contribution in [3.63, 3.8) is 0 Å². The van der Waals surface area contributed by atoms with Crippen LogP contribution >= 0.6 is 15.9 Å². The molecule has 0 saturated heterocycles. The average molecular weight is 245 g/mol. The summed E-state index contributed by atoms with van der Waals surface area (Å²) in [6, 6.07) is 2.67. The Morgan fingerprint density at radius 2 is 2.46 bits per heavy atom. The summed E-state index contributed by atoms with van der Waals surface area (Å²) < 4.78 is 0.784. The lowest BCUT2D eigenvalue weighted by molar-refractivity contribution is -0.138. The molecule has 0 saturated carbocycles. The highest BCUT2D eigenvalue weighted by atomic mass is 79.9. The third-order valence-corrected chi connectivity index (χ3v) is 2.29. The van der Waals surface area contributed by atoms with Crippen molar-refractivity contribution >= 4 is 21.9 Å². The number of aromatic nitrogens is 1. The Hall–Kier alpha value is -0.940. The second-order valence-corrected chi connectivity index (χ2v) is 3.44. The summed E-state index contributed by atoms with van der Waals surface area (Å²) in [6.07, 6.45) is 1.84. The van der Waals surface area contributed by atoms with Gasteiger partial charge in [0.1, 0.15) is 6.04 Å². The van der Waals surface area contributed by atoms with E-state index in [4.69, 9.17) is 10.8 Å². The van der Waals surface area contributed by atoms with E-state index in [2.05, 4.69) is 20.9 Å². The molecule has 3 N–H and O–H groups in total. The number of hydrogen-bond acceptors (Lipinski definition) is 3. The summed E-state index contributed by atoms with van der Waals surface area (Å²) in [7, 11) is 0. The molecule has 0 aromatic carbocycles. The molecule has 0 aliphatic rings. The zero-order valence-electron chi connectivity index (χ0n) is 6.77. The monoisotopic (exact) mass is 244 g/mol. The molecule has 1 rings (SSSR count). The van der Waals surface area contributed by atoms with E-state index in [0.29, 0.717) is 5.69 Å². The van der Waals surface area contributed by atoms with E-state index in [9.17, 15) is 4.79 Å². The van der Waals surface area contributed by atoms with E-state index in [0.717, 1.165) is 4.47 Å². The first-order valence-corrected chi connectivity index (χ1v) is 4.48. The molecular formula is C8H9BrN2O2. The van der Waals surface area contributed by atoms with Gasteiger partial charge in [-0.05, 0) is 28.1 Å². The first kappa shape index (κ1) is 10.1. The number of rotatable bonds is 3. The quantitative estimate of drug-likeness (QED) is 0.825. The molecule has 70 valence electrons. The number of hydrogen-bond donors (Lipinski definition) is 2. The van der Waals surface area contributed by atoms with Gasteiger partial charge in [-0.1, -0.05) is 0 Å². The third kappa shape index (κ3) is 2.78. The fourth-order valence-corrected chi connectivity index (χ4v) is 1.28. The van der Waals surface area contributed by atoms with E-state index in [1.165, 1.54) is 0 Å². The smallest absolute Gasteiger partial charge is 0.320 e. The van der Waals surface area contributed by atoms with Crippen molar-refractivity contribution in [1.82, 2.24) is 4.98 Å². The van der Waals surface area contributed by atoms with Crippen LogP contribution in [0.1, 0.15) is 5.69 Å². The highest BCUT2D eigenvalue weighted by Crippen LogP contribution is 2.14. The molecule has 0 spiro atoms. The topological polar surface area (TPSA) is 76.2 Å². The zero-order valence-corrected chi connectivity index (χ0v) is 8.36. The maximum absolute atomic E-state index is 10.4. The Morgan fingerprint density at radius 1 is 1.77 bits per heavy atom. The summed E-state index contributed by atoms with van der Waals surface area (Å²) in [6.45, 7) is 0. The first-order valence-electron chi connectivity index (χ1n) is 3.69. The molecule has 0 fully saturated rings. The van der Waals surface area contributed by atoms with Gasteiger partial charge in [0, 0.05) is 17.1 Å². The molecule has 1 heterocycles. The van der Waals surface area contributed by atoms with Crippen LogP contribution in [0.4, 0.5) is 0 Å². The molecule has 1 atom stereocenters. The van der Waals surface area contributed by atoms with E-state index in [-0.39, 0.29) is 6.42 Å². The van der Waals surface area contributed by atoms with Gasteiger partial charge >= 0.3 is 5.97 Å². The Labute approximate surface area is 83.9 Å². The van der Waals surface area contributed by atoms with Crippen molar-refractivity contribution < 1.29 is 9.90 Å². The molecule has 1 aromatic rings. The first-order chi connectivity index (χ1) is 6.11. The van der Waals surface area contributed by atoms with Crippen LogP contribution in [-0.2, 0) is 11.2 Å². The standard InChI is InChI=1S/C8H9BrN2O2/c9-5-2-1-3-11-7(5)4-6(10)8(12)13/h1-3,6H,4,10H2,(H,12,13)/t6-/m0/s1. The summed E-state index contributed by atoms with van der Waals surface area (Å²) in [5.41, 5.74) is 6.02. The molecule has 4 nitrogen and oxygen atoms in total. The summed E-state index contributed by atoms with van der Waals surface area (Å²) in [5, 5.41) is 8.57. The molecule has 0 unspecified atom stereocenters. The fraction of sp³-hybridized carbons (Fsp3) is 0.250. The average Bonchev–Trinajstić information content (AvgIpc) is 2.08. The SMILES string of the molecule is N[C@@H](Cc1ncccc1Br)C(=O)O. The molecule has 1 aromatic heterocycles. The number of carboxylic acids is 1. The van der Waals surface area contributed by atoms with Gasteiger partial charge in [0.25, 0.3) is 0 Å². The van der Waals surface area contributed by atoms with Crippen LogP contribution in [0, 0.1) is 0 Å². The van der Waals surface area contributed by atoms with Gasteiger partial charge in [-0.3, -0.25) is 9.78 Å². The number of aliphatic carboxylic acids is 1. The van der Waals surface area contributed by atoms with Crippen molar-refractivity contribution in [2.24, 2.45) is 5.73 Å². The Kier molecular flexibility index (Phi) is 3.39. The van der Waals surface area contributed by atoms with Crippen molar-refractivity contribution in [2.75, 3.05) is 0 Å². The molecule has 0 aliphatic carbocycles. The van der Waals surface area contributed by atoms with Crippen molar-refractivity contribution in [1.29, 1.82) is 0 Å². The van der Waals surface area contributed by atoms with Gasteiger partial charge in [0.15, 0.2) is 0 Å². The van der Waals surface area contributed by atoms with Crippen LogP contribution in [0.15, 0.2) is 22.8 Å². The molecule has 0 aliphatic heterocycles. The number of halogens is 1. The summed E-state index contributed by atoms with van der Waals surface area (Å²) in [5.74, 6) is -1.02. The number of pyridine rings is 1. The van der Waals surface area contributed by atoms with Crippen LogP contribution in [0.25, 0.3) is 0 Å².